The van der Waals surface area contributed by atoms with Crippen molar-refractivity contribution in [3.8, 4) is 0 Å². The van der Waals surface area contributed by atoms with Gasteiger partial charge in [0.2, 0.25) is 0 Å². The fraction of sp³-hybridized carbons (Fsp3) is 0.462. The molecule has 0 radical (unpaired) electrons. The third-order valence-electron chi connectivity index (χ3n) is 2.55. The number of aromatic nitrogens is 1. The number of carbonyl (C=O) groups is 1. The van der Waals surface area contributed by atoms with Crippen LogP contribution in [0.2, 0.25) is 0 Å². The summed E-state index contributed by atoms with van der Waals surface area (Å²) >= 11 is 0. The van der Waals surface area contributed by atoms with Gasteiger partial charge in [0, 0.05) is 12.3 Å². The zero-order valence-electron chi connectivity index (χ0n) is 10.5. The predicted octanol–water partition coefficient (Wildman–Crippen LogP) is 3.41. The second-order valence-corrected chi connectivity index (χ2v) is 5.20. The predicted molar refractivity (Wildman–Crippen MR) is 64.5 cm³/mol. The third kappa shape index (κ3) is 2.35. The van der Waals surface area contributed by atoms with E-state index in [1.165, 1.54) is 0 Å². The molecule has 0 bridgehead atoms. The van der Waals surface area contributed by atoms with E-state index in [1.54, 1.807) is 6.92 Å². The fourth-order valence-corrected chi connectivity index (χ4v) is 1.46. The van der Waals surface area contributed by atoms with Gasteiger partial charge in [0.25, 0.3) is 0 Å². The normalized spacial score (nSPS) is 13.9. The number of hydrogen-bond acceptors (Lipinski definition) is 3. The standard InChI is InChI=1S/C13H17NO3/c1-8(16-12(15)13(2,3)4)11-7-9-10(17-11)5-6-14-9/h5-8,14H,1-4H3. The van der Waals surface area contributed by atoms with Crippen LogP contribution in [-0.2, 0) is 9.53 Å². The summed E-state index contributed by atoms with van der Waals surface area (Å²) in [7, 11) is 0. The minimum atomic E-state index is -0.498. The average Bonchev–Trinajstić information content (AvgIpc) is 2.74. The summed E-state index contributed by atoms with van der Waals surface area (Å²) in [6, 6.07) is 3.70. The van der Waals surface area contributed by atoms with Gasteiger partial charge in [0.05, 0.1) is 10.9 Å². The van der Waals surface area contributed by atoms with Crippen LogP contribution in [0.1, 0.15) is 39.6 Å². The minimum absolute atomic E-state index is 0.231. The minimum Gasteiger partial charge on any atom is -0.455 e. The average molecular weight is 235 g/mol. The van der Waals surface area contributed by atoms with Crippen LogP contribution in [-0.4, -0.2) is 11.0 Å². The van der Waals surface area contributed by atoms with Crippen molar-refractivity contribution in [3.63, 3.8) is 0 Å². The third-order valence-corrected chi connectivity index (χ3v) is 2.55. The van der Waals surface area contributed by atoms with Crippen molar-refractivity contribution in [2.45, 2.75) is 33.8 Å². The summed E-state index contributed by atoms with van der Waals surface area (Å²) in [4.78, 5) is 14.8. The number of ether oxygens (including phenoxy) is 1. The van der Waals surface area contributed by atoms with Crippen LogP contribution >= 0.6 is 0 Å². The first-order valence-electron chi connectivity index (χ1n) is 5.66. The number of hydrogen-bond donors (Lipinski definition) is 1. The zero-order valence-corrected chi connectivity index (χ0v) is 10.5. The van der Waals surface area contributed by atoms with E-state index < -0.39 is 5.41 Å². The number of fused-ring (bicyclic) bond motifs is 1. The highest BCUT2D eigenvalue weighted by molar-refractivity contribution is 5.76. The first-order chi connectivity index (χ1) is 7.88. The van der Waals surface area contributed by atoms with Crippen LogP contribution in [0, 0.1) is 5.41 Å². The van der Waals surface area contributed by atoms with Crippen LogP contribution in [0.5, 0.6) is 0 Å². The van der Waals surface area contributed by atoms with Gasteiger partial charge in [-0.2, -0.15) is 0 Å². The molecule has 2 aromatic rings. The molecule has 0 aromatic carbocycles. The molecule has 2 heterocycles. The van der Waals surface area contributed by atoms with Crippen LogP contribution < -0.4 is 0 Å². The lowest BCUT2D eigenvalue weighted by Crippen LogP contribution is -2.24. The molecule has 1 unspecified atom stereocenters. The Morgan fingerprint density at radius 2 is 2.18 bits per heavy atom. The number of esters is 1. The van der Waals surface area contributed by atoms with Gasteiger partial charge in [-0.25, -0.2) is 0 Å². The largest absolute Gasteiger partial charge is 0.455 e. The molecule has 2 aromatic heterocycles. The second-order valence-electron chi connectivity index (χ2n) is 5.20. The Hall–Kier alpha value is -1.71. The Morgan fingerprint density at radius 1 is 1.47 bits per heavy atom. The number of rotatable bonds is 2. The monoisotopic (exact) mass is 235 g/mol. The maximum atomic E-state index is 11.7. The summed E-state index contributed by atoms with van der Waals surface area (Å²) in [5, 5.41) is 0. The van der Waals surface area contributed by atoms with Gasteiger partial charge in [-0.15, -0.1) is 0 Å². The maximum Gasteiger partial charge on any atom is 0.311 e. The van der Waals surface area contributed by atoms with E-state index in [0.29, 0.717) is 5.76 Å². The van der Waals surface area contributed by atoms with Gasteiger partial charge >= 0.3 is 5.97 Å². The molecule has 0 amide bonds. The van der Waals surface area contributed by atoms with Crippen LogP contribution in [0.15, 0.2) is 22.7 Å². The number of nitrogens with one attached hydrogen (secondary N) is 1. The first-order valence-corrected chi connectivity index (χ1v) is 5.66. The molecule has 92 valence electrons. The number of carbonyl (C=O) groups excluding carboxylic acids is 1. The van der Waals surface area contributed by atoms with E-state index in [9.17, 15) is 4.79 Å². The van der Waals surface area contributed by atoms with Crippen molar-refractivity contribution < 1.29 is 13.9 Å². The molecule has 0 aliphatic rings. The Balaban J connectivity index is 2.13. The fourth-order valence-electron chi connectivity index (χ4n) is 1.46. The number of aromatic amines is 1. The molecular formula is C13H17NO3. The van der Waals surface area contributed by atoms with E-state index in [-0.39, 0.29) is 12.1 Å². The van der Waals surface area contributed by atoms with Crippen LogP contribution in [0.25, 0.3) is 11.1 Å². The second kappa shape index (κ2) is 3.95. The quantitative estimate of drug-likeness (QED) is 0.811. The van der Waals surface area contributed by atoms with Crippen molar-refractivity contribution in [1.82, 2.24) is 4.98 Å². The van der Waals surface area contributed by atoms with E-state index in [0.717, 1.165) is 11.1 Å². The van der Waals surface area contributed by atoms with Crippen molar-refractivity contribution in [3.05, 3.63) is 24.1 Å². The molecular weight excluding hydrogens is 218 g/mol. The molecule has 1 atom stereocenters. The lowest BCUT2D eigenvalue weighted by molar-refractivity contribution is -0.158. The molecule has 0 spiro atoms. The van der Waals surface area contributed by atoms with E-state index in [4.69, 9.17) is 9.15 Å². The molecule has 4 heteroatoms. The highest BCUT2D eigenvalue weighted by Crippen LogP contribution is 2.27. The summed E-state index contributed by atoms with van der Waals surface area (Å²) < 4.78 is 10.9. The number of furan rings is 1. The van der Waals surface area contributed by atoms with Gasteiger partial charge in [0.1, 0.15) is 5.76 Å². The van der Waals surface area contributed by atoms with Crippen LogP contribution in [0.4, 0.5) is 0 Å². The van der Waals surface area contributed by atoms with Gasteiger partial charge in [0.15, 0.2) is 11.7 Å². The van der Waals surface area contributed by atoms with Gasteiger partial charge in [-0.3, -0.25) is 4.79 Å². The summed E-state index contributed by atoms with van der Waals surface area (Å²) in [5.74, 6) is 0.425. The lowest BCUT2D eigenvalue weighted by Gasteiger charge is -2.19. The Labute approximate surface area is 99.9 Å². The molecule has 0 saturated carbocycles. The zero-order chi connectivity index (χ0) is 12.6. The number of H-pyrrole nitrogens is 1. The van der Waals surface area contributed by atoms with Gasteiger partial charge in [-0.1, -0.05) is 0 Å². The molecule has 1 N–H and O–H groups in total. The van der Waals surface area contributed by atoms with Crippen molar-refractivity contribution >= 4 is 17.1 Å². The van der Waals surface area contributed by atoms with E-state index in [1.807, 2.05) is 39.1 Å². The first kappa shape index (κ1) is 11.8. The maximum absolute atomic E-state index is 11.7. The SMILES string of the molecule is CC(OC(=O)C(C)(C)C)c1cc2[nH]ccc2o1. The molecule has 0 fully saturated rings. The Morgan fingerprint density at radius 3 is 2.76 bits per heavy atom. The lowest BCUT2D eigenvalue weighted by atomic mass is 9.97. The molecule has 17 heavy (non-hydrogen) atoms. The molecule has 4 nitrogen and oxygen atoms in total. The summed E-state index contributed by atoms with van der Waals surface area (Å²) in [6.45, 7) is 7.29. The summed E-state index contributed by atoms with van der Waals surface area (Å²) in [6.07, 6.45) is 1.44. The summed E-state index contributed by atoms with van der Waals surface area (Å²) in [5.41, 5.74) is 1.19. The van der Waals surface area contributed by atoms with Crippen molar-refractivity contribution in [2.24, 2.45) is 5.41 Å². The smallest absolute Gasteiger partial charge is 0.311 e. The van der Waals surface area contributed by atoms with Gasteiger partial charge < -0.3 is 14.1 Å². The van der Waals surface area contributed by atoms with Gasteiger partial charge in [-0.05, 0) is 33.8 Å². The molecule has 0 aliphatic heterocycles. The topological polar surface area (TPSA) is 55.2 Å². The van der Waals surface area contributed by atoms with Crippen LogP contribution in [0.3, 0.4) is 0 Å². The highest BCUT2D eigenvalue weighted by atomic mass is 16.6. The molecule has 0 saturated heterocycles. The van der Waals surface area contributed by atoms with E-state index in [2.05, 4.69) is 4.98 Å². The van der Waals surface area contributed by atoms with Crippen molar-refractivity contribution in [1.29, 1.82) is 0 Å². The molecule has 2 rings (SSSR count). The van der Waals surface area contributed by atoms with Crippen molar-refractivity contribution in [2.75, 3.05) is 0 Å². The Bertz CT molecular complexity index is 502. The molecule has 0 aliphatic carbocycles. The Kier molecular flexibility index (Phi) is 2.73. The highest BCUT2D eigenvalue weighted by Gasteiger charge is 2.26. The van der Waals surface area contributed by atoms with E-state index >= 15 is 0 Å².